The number of benzene rings is 3. The molecule has 0 bridgehead atoms. The van der Waals surface area contributed by atoms with Crippen LogP contribution in [0, 0.1) is 29.1 Å². The minimum atomic E-state index is -1.64. The normalized spacial score (nSPS) is 10.7. The second kappa shape index (κ2) is 8.40. The number of methoxy groups -OCH3 is 1. The van der Waals surface area contributed by atoms with Gasteiger partial charge in [-0.25, -0.2) is 22.4 Å². The molecular weight excluding hydrogens is 409 g/mol. The van der Waals surface area contributed by atoms with Gasteiger partial charge in [0.05, 0.1) is 24.9 Å². The van der Waals surface area contributed by atoms with E-state index in [0.29, 0.717) is 6.07 Å². The Morgan fingerprint density at radius 3 is 2.17 bits per heavy atom. The summed E-state index contributed by atoms with van der Waals surface area (Å²) in [6.45, 7) is -0.677. The molecule has 3 rings (SSSR count). The van der Waals surface area contributed by atoms with Gasteiger partial charge in [0.15, 0.2) is 17.4 Å². The third-order valence-corrected chi connectivity index (χ3v) is 4.37. The average Bonchev–Trinajstić information content (AvgIpc) is 2.71. The van der Waals surface area contributed by atoms with Gasteiger partial charge in [0, 0.05) is 17.3 Å². The van der Waals surface area contributed by atoms with Crippen molar-refractivity contribution in [1.29, 1.82) is 0 Å². The van der Waals surface area contributed by atoms with Crippen LogP contribution in [0.5, 0.6) is 5.75 Å². The van der Waals surface area contributed by atoms with Crippen LogP contribution in [0.3, 0.4) is 0 Å². The lowest BCUT2D eigenvalue weighted by Crippen LogP contribution is -2.21. The molecule has 3 aromatic carbocycles. The van der Waals surface area contributed by atoms with E-state index in [2.05, 4.69) is 4.74 Å². The van der Waals surface area contributed by atoms with E-state index in [9.17, 15) is 31.9 Å². The molecular formula is C21H14F5NO3. The number of carbonyl (C=O) groups is 1. The third kappa shape index (κ3) is 3.91. The highest BCUT2D eigenvalue weighted by atomic mass is 19.2. The van der Waals surface area contributed by atoms with Crippen molar-refractivity contribution in [2.45, 2.75) is 6.54 Å². The molecule has 0 aliphatic heterocycles. The SMILES string of the molecule is COc1c(F)cc(N(Cc2c(F)cccc2F)c2cccc(C(=O)O)c2)c(F)c1F. The molecule has 0 heterocycles. The molecule has 9 heteroatoms. The first-order chi connectivity index (χ1) is 14.2. The Labute approximate surface area is 167 Å². The Balaban J connectivity index is 2.23. The van der Waals surface area contributed by atoms with Gasteiger partial charge in [-0.2, -0.15) is 4.39 Å². The second-order valence-electron chi connectivity index (χ2n) is 6.18. The highest BCUT2D eigenvalue weighted by Crippen LogP contribution is 2.37. The largest absolute Gasteiger partial charge is 0.491 e. The first-order valence-corrected chi connectivity index (χ1v) is 8.49. The summed E-state index contributed by atoms with van der Waals surface area (Å²) in [5.41, 5.74) is -1.48. The zero-order chi connectivity index (χ0) is 22.0. The Hall–Kier alpha value is -3.62. The van der Waals surface area contributed by atoms with E-state index in [4.69, 9.17) is 0 Å². The quantitative estimate of drug-likeness (QED) is 0.425. The number of rotatable bonds is 6. The van der Waals surface area contributed by atoms with Crippen LogP contribution in [0.25, 0.3) is 0 Å². The Kier molecular flexibility index (Phi) is 5.91. The fourth-order valence-electron chi connectivity index (χ4n) is 2.91. The van der Waals surface area contributed by atoms with Gasteiger partial charge in [-0.1, -0.05) is 12.1 Å². The summed E-state index contributed by atoms with van der Waals surface area (Å²) in [6, 6.07) is 8.59. The van der Waals surface area contributed by atoms with Crippen LogP contribution in [0.4, 0.5) is 33.3 Å². The van der Waals surface area contributed by atoms with Gasteiger partial charge in [0.1, 0.15) is 11.6 Å². The molecule has 0 spiro atoms. The van der Waals surface area contributed by atoms with Crippen molar-refractivity contribution in [1.82, 2.24) is 0 Å². The Morgan fingerprint density at radius 2 is 1.57 bits per heavy atom. The summed E-state index contributed by atoms with van der Waals surface area (Å²) < 4.78 is 76.2. The van der Waals surface area contributed by atoms with Gasteiger partial charge in [-0.05, 0) is 30.3 Å². The second-order valence-corrected chi connectivity index (χ2v) is 6.18. The van der Waals surface area contributed by atoms with Crippen LogP contribution in [-0.4, -0.2) is 18.2 Å². The van der Waals surface area contributed by atoms with Crippen LogP contribution >= 0.6 is 0 Å². The molecule has 156 valence electrons. The highest BCUT2D eigenvalue weighted by Gasteiger charge is 2.26. The summed E-state index contributed by atoms with van der Waals surface area (Å²) in [4.78, 5) is 12.2. The fraction of sp³-hybridized carbons (Fsp3) is 0.0952. The summed E-state index contributed by atoms with van der Waals surface area (Å²) in [5, 5.41) is 9.20. The molecule has 1 N–H and O–H groups in total. The maximum Gasteiger partial charge on any atom is 0.335 e. The molecule has 30 heavy (non-hydrogen) atoms. The molecule has 0 saturated carbocycles. The summed E-state index contributed by atoms with van der Waals surface area (Å²) >= 11 is 0. The van der Waals surface area contributed by atoms with Crippen molar-refractivity contribution in [3.63, 3.8) is 0 Å². The lowest BCUT2D eigenvalue weighted by atomic mass is 10.1. The number of nitrogens with zero attached hydrogens (tertiary/aromatic N) is 1. The van der Waals surface area contributed by atoms with Crippen molar-refractivity contribution in [3.8, 4) is 5.75 Å². The Morgan fingerprint density at radius 1 is 0.933 bits per heavy atom. The molecule has 0 aliphatic carbocycles. The first kappa shape index (κ1) is 21.1. The molecule has 0 amide bonds. The zero-order valence-corrected chi connectivity index (χ0v) is 15.4. The van der Waals surface area contributed by atoms with Crippen molar-refractivity contribution >= 4 is 17.3 Å². The van der Waals surface area contributed by atoms with Crippen LogP contribution < -0.4 is 9.64 Å². The maximum atomic E-state index is 14.8. The number of hydrogen-bond donors (Lipinski definition) is 1. The predicted octanol–water partition coefficient (Wildman–Crippen LogP) is 5.43. The van der Waals surface area contributed by atoms with Gasteiger partial charge in [-0.15, -0.1) is 0 Å². The lowest BCUT2D eigenvalue weighted by molar-refractivity contribution is 0.0697. The molecule has 0 radical (unpaired) electrons. The highest BCUT2D eigenvalue weighted by molar-refractivity contribution is 5.89. The first-order valence-electron chi connectivity index (χ1n) is 8.49. The number of carboxylic acid groups (broad SMARTS) is 1. The topological polar surface area (TPSA) is 49.8 Å². The van der Waals surface area contributed by atoms with Crippen LogP contribution in [0.2, 0.25) is 0 Å². The molecule has 0 fully saturated rings. The minimum absolute atomic E-state index is 0.0552. The average molecular weight is 423 g/mol. The van der Waals surface area contributed by atoms with Gasteiger partial charge in [0.2, 0.25) is 5.82 Å². The zero-order valence-electron chi connectivity index (χ0n) is 15.4. The van der Waals surface area contributed by atoms with Crippen LogP contribution in [-0.2, 0) is 6.54 Å². The molecule has 4 nitrogen and oxygen atoms in total. The standard InChI is InChI=1S/C21H14F5NO3/c1-30-20-16(24)9-17(18(25)19(20)26)27(10-13-14(22)6-3-7-15(13)23)12-5-2-4-11(8-12)21(28)29/h2-9H,10H2,1H3,(H,28,29). The number of anilines is 2. The predicted molar refractivity (Wildman–Crippen MR) is 98.5 cm³/mol. The monoisotopic (exact) mass is 423 g/mol. The van der Waals surface area contributed by atoms with E-state index >= 15 is 0 Å². The van der Waals surface area contributed by atoms with Gasteiger partial charge in [0.25, 0.3) is 0 Å². The summed E-state index contributed by atoms with van der Waals surface area (Å²) in [7, 11) is 0.948. The van der Waals surface area contributed by atoms with E-state index in [1.165, 1.54) is 18.2 Å². The van der Waals surface area contributed by atoms with Crippen LogP contribution in [0.15, 0.2) is 48.5 Å². The van der Waals surface area contributed by atoms with Crippen molar-refractivity contribution in [2.24, 2.45) is 0 Å². The molecule has 0 aliphatic rings. The molecule has 0 aromatic heterocycles. The van der Waals surface area contributed by atoms with Crippen molar-refractivity contribution < 1.29 is 36.6 Å². The van der Waals surface area contributed by atoms with E-state index in [-0.39, 0.29) is 11.3 Å². The van der Waals surface area contributed by atoms with E-state index in [1.807, 2.05) is 0 Å². The third-order valence-electron chi connectivity index (χ3n) is 4.37. The fourth-order valence-corrected chi connectivity index (χ4v) is 2.91. The number of aromatic carboxylic acids is 1. The molecule has 0 atom stereocenters. The number of halogens is 5. The number of carboxylic acids is 1. The summed E-state index contributed by atoms with van der Waals surface area (Å²) in [5.74, 6) is -8.64. The molecule has 0 unspecified atom stereocenters. The van der Waals surface area contributed by atoms with Crippen molar-refractivity contribution in [2.75, 3.05) is 12.0 Å². The molecule has 0 saturated heterocycles. The lowest BCUT2D eigenvalue weighted by Gasteiger charge is -2.27. The van der Waals surface area contributed by atoms with Gasteiger partial charge < -0.3 is 14.7 Å². The van der Waals surface area contributed by atoms with Gasteiger partial charge in [-0.3, -0.25) is 0 Å². The Bertz CT molecular complexity index is 1100. The summed E-state index contributed by atoms with van der Waals surface area (Å²) in [6.07, 6.45) is 0. The minimum Gasteiger partial charge on any atom is -0.491 e. The number of hydrogen-bond acceptors (Lipinski definition) is 3. The van der Waals surface area contributed by atoms with E-state index in [0.717, 1.165) is 36.3 Å². The van der Waals surface area contributed by atoms with Crippen LogP contribution in [0.1, 0.15) is 15.9 Å². The van der Waals surface area contributed by atoms with Gasteiger partial charge >= 0.3 is 5.97 Å². The van der Waals surface area contributed by atoms with Crippen molar-refractivity contribution in [3.05, 3.63) is 88.7 Å². The van der Waals surface area contributed by atoms with E-state index in [1.54, 1.807) is 0 Å². The maximum absolute atomic E-state index is 14.8. The smallest absolute Gasteiger partial charge is 0.335 e. The molecule has 3 aromatic rings. The number of ether oxygens (including phenoxy) is 1. The van der Waals surface area contributed by atoms with E-state index < -0.39 is 58.6 Å².